The van der Waals surface area contributed by atoms with Crippen LogP contribution in [0.25, 0.3) is 16.8 Å². The highest BCUT2D eigenvalue weighted by Gasteiger charge is 2.26. The van der Waals surface area contributed by atoms with Crippen LogP contribution >= 0.6 is 0 Å². The Labute approximate surface area is 196 Å². The summed E-state index contributed by atoms with van der Waals surface area (Å²) in [6.45, 7) is 0. The Morgan fingerprint density at radius 3 is 1.97 bits per heavy atom. The van der Waals surface area contributed by atoms with Crippen molar-refractivity contribution in [3.8, 4) is 11.4 Å². The normalized spacial score (nSPS) is 11.6. The van der Waals surface area contributed by atoms with Gasteiger partial charge in [0.2, 0.25) is 5.84 Å². The van der Waals surface area contributed by atoms with Crippen LogP contribution in [-0.4, -0.2) is 20.9 Å². The minimum atomic E-state index is 0.221. The van der Waals surface area contributed by atoms with Crippen molar-refractivity contribution in [2.75, 3.05) is 0 Å². The van der Waals surface area contributed by atoms with E-state index in [0.717, 1.165) is 11.4 Å². The van der Waals surface area contributed by atoms with Crippen LogP contribution in [0.1, 0.15) is 5.82 Å². The number of hydrogen-bond donors (Lipinski definition) is 0. The van der Waals surface area contributed by atoms with Crippen LogP contribution in [0.3, 0.4) is 0 Å². The van der Waals surface area contributed by atoms with Crippen molar-refractivity contribution in [1.82, 2.24) is 15.1 Å². The van der Waals surface area contributed by atoms with Crippen LogP contribution in [0.5, 0.6) is 0 Å². The molecule has 1 aromatic heterocycles. The minimum absolute atomic E-state index is 0.221. The van der Waals surface area contributed by atoms with Gasteiger partial charge in [-0.25, -0.2) is 0 Å². The number of azo groups is 1. The minimum Gasteiger partial charge on any atom is -0.574 e. The lowest BCUT2D eigenvalue weighted by atomic mass is 10.3. The number of nitrogens with zero attached hydrogens (tertiary/aromatic N) is 8. The first-order chi connectivity index (χ1) is 16.9. The fourth-order valence-corrected chi connectivity index (χ4v) is 3.14. The van der Waals surface area contributed by atoms with E-state index in [0.29, 0.717) is 17.2 Å². The molecular formula is C26H20N8. The summed E-state index contributed by atoms with van der Waals surface area (Å²) in [5.41, 5.74) is 7.35. The summed E-state index contributed by atoms with van der Waals surface area (Å²) in [5.74, 6) is 0.619. The van der Waals surface area contributed by atoms with E-state index < -0.39 is 0 Å². The van der Waals surface area contributed by atoms with Gasteiger partial charge in [-0.2, -0.15) is 0 Å². The second kappa shape index (κ2) is 10.1. The van der Waals surface area contributed by atoms with Gasteiger partial charge >= 0.3 is 5.82 Å². The fourth-order valence-electron chi connectivity index (χ4n) is 3.14. The van der Waals surface area contributed by atoms with Crippen molar-refractivity contribution in [1.29, 1.82) is 0 Å². The molecule has 4 aromatic carbocycles. The average Bonchev–Trinajstić information content (AvgIpc) is 3.36. The third-order valence-corrected chi connectivity index (χ3v) is 4.78. The van der Waals surface area contributed by atoms with Crippen LogP contribution in [0.2, 0.25) is 0 Å². The maximum atomic E-state index is 4.71. The van der Waals surface area contributed by atoms with Crippen molar-refractivity contribution in [2.45, 2.75) is 0 Å². The first-order valence-electron chi connectivity index (χ1n) is 10.7. The quantitative estimate of drug-likeness (QED) is 0.111. The lowest BCUT2D eigenvalue weighted by Crippen LogP contribution is -2.39. The van der Waals surface area contributed by atoms with E-state index in [9.17, 15) is 0 Å². The monoisotopic (exact) mass is 444 g/mol. The van der Waals surface area contributed by atoms with Crippen LogP contribution in [0, 0.1) is 0 Å². The lowest BCUT2D eigenvalue weighted by Gasteiger charge is -2.14. The molecule has 0 amide bonds. The summed E-state index contributed by atoms with van der Waals surface area (Å²) in [6, 6.07) is 38.2. The number of tetrazole rings is 1. The summed E-state index contributed by atoms with van der Waals surface area (Å²) < 4.78 is 1.68. The molecule has 0 aliphatic carbocycles. The molecule has 0 fully saturated rings. The van der Waals surface area contributed by atoms with Gasteiger partial charge in [0.15, 0.2) is 5.69 Å². The molecule has 0 atom stereocenters. The predicted molar refractivity (Wildman–Crippen MR) is 130 cm³/mol. The molecule has 0 N–H and O–H groups in total. The second-order valence-corrected chi connectivity index (χ2v) is 7.18. The van der Waals surface area contributed by atoms with Crippen molar-refractivity contribution in [3.05, 3.63) is 133 Å². The predicted octanol–water partition coefficient (Wildman–Crippen LogP) is 5.69. The maximum Gasteiger partial charge on any atom is 0.373 e. The van der Waals surface area contributed by atoms with Gasteiger partial charge < -0.3 is 10.5 Å². The number of aromatic nitrogens is 4. The van der Waals surface area contributed by atoms with Crippen LogP contribution in [-0.2, 0) is 0 Å². The molecule has 5 rings (SSSR count). The van der Waals surface area contributed by atoms with Gasteiger partial charge in [-0.05, 0) is 36.4 Å². The van der Waals surface area contributed by atoms with E-state index in [4.69, 9.17) is 5.10 Å². The van der Waals surface area contributed by atoms with E-state index >= 15 is 0 Å². The molecule has 0 saturated heterocycles. The van der Waals surface area contributed by atoms with Crippen molar-refractivity contribution >= 4 is 17.2 Å². The molecule has 0 radical (unpaired) electrons. The van der Waals surface area contributed by atoms with Crippen LogP contribution < -0.4 is 4.68 Å². The van der Waals surface area contributed by atoms with Crippen molar-refractivity contribution in [3.63, 3.8) is 0 Å². The van der Waals surface area contributed by atoms with Gasteiger partial charge in [0.05, 0.1) is 16.0 Å². The molecule has 0 saturated carbocycles. The summed E-state index contributed by atoms with van der Waals surface area (Å²) >= 11 is 0. The van der Waals surface area contributed by atoms with E-state index in [2.05, 4.69) is 26.0 Å². The summed E-state index contributed by atoms with van der Waals surface area (Å²) in [4.78, 5) is 1.54. The van der Waals surface area contributed by atoms with E-state index in [1.165, 1.54) is 0 Å². The summed E-state index contributed by atoms with van der Waals surface area (Å²) in [7, 11) is 0. The van der Waals surface area contributed by atoms with Crippen LogP contribution in [0.15, 0.2) is 137 Å². The van der Waals surface area contributed by atoms with Gasteiger partial charge in [-0.15, -0.1) is 15.9 Å². The molecule has 0 unspecified atom stereocenters. The SMILES string of the molecule is c1ccc(N=NC(=N[N-]c2ccccc2)c2nn(-c3ccccc3)n[n+]2-c2ccccc2)cc1. The average molecular weight is 445 g/mol. The first kappa shape index (κ1) is 20.9. The van der Waals surface area contributed by atoms with Gasteiger partial charge in [0.25, 0.3) is 0 Å². The molecular weight excluding hydrogens is 424 g/mol. The Balaban J connectivity index is 1.63. The zero-order valence-electron chi connectivity index (χ0n) is 18.1. The fraction of sp³-hybridized carbons (Fsp3) is 0. The highest BCUT2D eigenvalue weighted by atomic mass is 15.6. The Hall–Kier alpha value is -4.98. The van der Waals surface area contributed by atoms with Gasteiger partial charge in [-0.1, -0.05) is 89.6 Å². The Morgan fingerprint density at radius 1 is 0.706 bits per heavy atom. The molecule has 5 aromatic rings. The zero-order valence-corrected chi connectivity index (χ0v) is 18.1. The number of amidine groups is 1. The Bertz CT molecular complexity index is 1400. The highest BCUT2D eigenvalue weighted by molar-refractivity contribution is 5.95. The standard InChI is InChI=1S/C26H20N8/c1-5-13-21(14-6-1)27-29-25(30-28-22-15-7-2-8-16-22)26-31-34(24-19-11-4-12-20-24)32-33(26)23-17-9-3-10-18-23/h1-20H. The Morgan fingerprint density at radius 2 is 1.29 bits per heavy atom. The molecule has 0 bridgehead atoms. The van der Waals surface area contributed by atoms with E-state index in [1.807, 2.05) is 121 Å². The highest BCUT2D eigenvalue weighted by Crippen LogP contribution is 2.19. The first-order valence-corrected chi connectivity index (χ1v) is 10.7. The molecule has 0 aliphatic heterocycles. The van der Waals surface area contributed by atoms with Gasteiger partial charge in [0.1, 0.15) is 5.69 Å². The molecule has 1 heterocycles. The van der Waals surface area contributed by atoms with Gasteiger partial charge in [0, 0.05) is 4.80 Å². The smallest absolute Gasteiger partial charge is 0.373 e. The molecule has 8 heteroatoms. The van der Waals surface area contributed by atoms with Crippen LogP contribution in [0.4, 0.5) is 11.4 Å². The number of para-hydroxylation sites is 2. The van der Waals surface area contributed by atoms with E-state index in [-0.39, 0.29) is 5.84 Å². The third kappa shape index (κ3) is 4.91. The zero-order chi connectivity index (χ0) is 23.0. The van der Waals surface area contributed by atoms with E-state index in [1.54, 1.807) is 9.48 Å². The topological polar surface area (TPSA) is 85.8 Å². The molecule has 34 heavy (non-hydrogen) atoms. The third-order valence-electron chi connectivity index (χ3n) is 4.78. The molecule has 0 aliphatic rings. The number of hydrogen-bond acceptors (Lipinski definition) is 4. The van der Waals surface area contributed by atoms with Gasteiger partial charge in [-0.3, -0.25) is 0 Å². The molecule has 164 valence electrons. The lowest BCUT2D eigenvalue weighted by molar-refractivity contribution is -0.663. The summed E-state index contributed by atoms with van der Waals surface area (Å²) in [5, 5.41) is 22.6. The maximum absolute atomic E-state index is 4.71. The molecule has 0 spiro atoms. The van der Waals surface area contributed by atoms with Crippen molar-refractivity contribution < 1.29 is 4.68 Å². The number of rotatable bonds is 6. The molecule has 8 nitrogen and oxygen atoms in total. The second-order valence-electron chi connectivity index (χ2n) is 7.18. The largest absolute Gasteiger partial charge is 0.574 e. The number of benzene rings is 4. The van der Waals surface area contributed by atoms with Crippen molar-refractivity contribution in [2.24, 2.45) is 15.3 Å². The summed E-state index contributed by atoms with van der Waals surface area (Å²) in [6.07, 6.45) is 0. The Kier molecular flexibility index (Phi) is 6.20.